The second kappa shape index (κ2) is 9.04. The van der Waals surface area contributed by atoms with Crippen LogP contribution in [0.4, 0.5) is 0 Å². The largest absolute Gasteiger partial charge is 0.369 e. The third-order valence-electron chi connectivity index (χ3n) is 4.77. The first kappa shape index (κ1) is 20.8. The number of piperazine rings is 1. The summed E-state index contributed by atoms with van der Waals surface area (Å²) in [6.07, 6.45) is 1.36. The first-order valence-electron chi connectivity index (χ1n) is 9.16. The Labute approximate surface area is 170 Å². The number of primary amides is 1. The fraction of sp³-hybridized carbons (Fsp3) is 0.368. The van der Waals surface area contributed by atoms with Crippen molar-refractivity contribution in [3.8, 4) is 0 Å². The van der Waals surface area contributed by atoms with Gasteiger partial charge in [-0.2, -0.15) is 4.31 Å². The lowest BCUT2D eigenvalue weighted by Gasteiger charge is -2.31. The standard InChI is InChI=1S/C19H24N4O3S2/c1-15(19(20)24)27-18-8-7-17(13-21-18)28(25,26)23-11-9-22(10-12-23)14-16-5-3-2-4-6-16/h2-8,13,15H,9-12,14H2,1H3,(H2,20,24)/p+1/t15-/m1/s1. The van der Waals surface area contributed by atoms with E-state index in [4.69, 9.17) is 5.73 Å². The van der Waals surface area contributed by atoms with Gasteiger partial charge in [0, 0.05) is 11.8 Å². The fourth-order valence-corrected chi connectivity index (χ4v) is 5.21. The SMILES string of the molecule is C[C@@H](Sc1ccc(S(=O)(=O)N2CC[NH+](Cc3ccccc3)CC2)cn1)C(N)=O. The number of carbonyl (C=O) groups is 1. The van der Waals surface area contributed by atoms with Crippen LogP contribution in [0.25, 0.3) is 0 Å². The molecule has 150 valence electrons. The fourth-order valence-electron chi connectivity index (χ4n) is 3.08. The van der Waals surface area contributed by atoms with Crippen molar-refractivity contribution in [3.05, 3.63) is 54.2 Å². The number of hydrogen-bond acceptors (Lipinski definition) is 5. The van der Waals surface area contributed by atoms with Gasteiger partial charge in [0.1, 0.15) is 11.4 Å². The zero-order valence-electron chi connectivity index (χ0n) is 15.7. The number of nitrogens with two attached hydrogens (primary N) is 1. The minimum atomic E-state index is -3.56. The number of hydrogen-bond donors (Lipinski definition) is 2. The molecule has 0 unspecified atom stereocenters. The highest BCUT2D eigenvalue weighted by atomic mass is 32.2. The van der Waals surface area contributed by atoms with Gasteiger partial charge in [0.15, 0.2) is 0 Å². The summed E-state index contributed by atoms with van der Waals surface area (Å²) in [5, 5.41) is 0.151. The molecule has 9 heteroatoms. The van der Waals surface area contributed by atoms with Gasteiger partial charge in [-0.25, -0.2) is 13.4 Å². The van der Waals surface area contributed by atoms with Gasteiger partial charge < -0.3 is 10.6 Å². The Bertz CT molecular complexity index is 897. The highest BCUT2D eigenvalue weighted by Crippen LogP contribution is 2.23. The first-order chi connectivity index (χ1) is 13.4. The van der Waals surface area contributed by atoms with E-state index in [1.807, 2.05) is 18.2 Å². The Morgan fingerprint density at radius 2 is 1.89 bits per heavy atom. The van der Waals surface area contributed by atoms with Crippen LogP contribution >= 0.6 is 11.8 Å². The molecule has 0 bridgehead atoms. The van der Waals surface area contributed by atoms with E-state index in [0.29, 0.717) is 18.1 Å². The molecule has 1 aliphatic rings. The number of nitrogens with zero attached hydrogens (tertiary/aromatic N) is 2. The van der Waals surface area contributed by atoms with Crippen molar-refractivity contribution >= 4 is 27.7 Å². The molecule has 3 rings (SSSR count). The minimum absolute atomic E-state index is 0.176. The molecular weight excluding hydrogens is 396 g/mol. The van der Waals surface area contributed by atoms with Crippen LogP contribution in [0, 0.1) is 0 Å². The average Bonchev–Trinajstić information content (AvgIpc) is 2.69. The maximum absolute atomic E-state index is 12.9. The topological polar surface area (TPSA) is 97.8 Å². The van der Waals surface area contributed by atoms with E-state index in [-0.39, 0.29) is 4.90 Å². The Morgan fingerprint density at radius 3 is 2.46 bits per heavy atom. The van der Waals surface area contributed by atoms with Crippen molar-refractivity contribution in [2.24, 2.45) is 5.73 Å². The first-order valence-corrected chi connectivity index (χ1v) is 11.5. The second-order valence-electron chi connectivity index (χ2n) is 6.81. The van der Waals surface area contributed by atoms with Gasteiger partial charge in [-0.05, 0) is 19.1 Å². The van der Waals surface area contributed by atoms with Gasteiger partial charge >= 0.3 is 0 Å². The lowest BCUT2D eigenvalue weighted by atomic mass is 10.2. The maximum atomic E-state index is 12.9. The van der Waals surface area contributed by atoms with Gasteiger partial charge in [0.05, 0.1) is 36.5 Å². The van der Waals surface area contributed by atoms with Gasteiger partial charge in [0.25, 0.3) is 0 Å². The number of pyridine rings is 1. The molecule has 1 aromatic carbocycles. The molecule has 0 spiro atoms. The summed E-state index contributed by atoms with van der Waals surface area (Å²) in [6.45, 7) is 5.10. The normalized spacial score (nSPS) is 17.3. The van der Waals surface area contributed by atoms with Crippen LogP contribution < -0.4 is 10.6 Å². The highest BCUT2D eigenvalue weighted by molar-refractivity contribution is 8.00. The Balaban J connectivity index is 1.60. The Hall–Kier alpha value is -1.94. The van der Waals surface area contributed by atoms with Gasteiger partial charge in [-0.15, -0.1) is 0 Å². The summed E-state index contributed by atoms with van der Waals surface area (Å²) in [5.74, 6) is -0.431. The maximum Gasteiger partial charge on any atom is 0.245 e. The number of quaternary nitrogens is 1. The van der Waals surface area contributed by atoms with E-state index in [1.54, 1.807) is 19.1 Å². The number of sulfonamides is 1. The second-order valence-corrected chi connectivity index (χ2v) is 10.1. The summed E-state index contributed by atoms with van der Waals surface area (Å²) >= 11 is 1.21. The number of nitrogens with one attached hydrogen (secondary N) is 1. The van der Waals surface area contributed by atoms with E-state index in [2.05, 4.69) is 17.1 Å². The van der Waals surface area contributed by atoms with Gasteiger partial charge in [0.2, 0.25) is 15.9 Å². The molecule has 0 aliphatic carbocycles. The number of benzene rings is 1. The molecule has 1 aromatic heterocycles. The van der Waals surface area contributed by atoms with E-state index >= 15 is 0 Å². The van der Waals surface area contributed by atoms with E-state index in [9.17, 15) is 13.2 Å². The van der Waals surface area contributed by atoms with Crippen LogP contribution in [0.5, 0.6) is 0 Å². The van der Waals surface area contributed by atoms with Gasteiger partial charge in [-0.1, -0.05) is 42.1 Å². The third kappa shape index (κ3) is 5.11. The molecule has 3 N–H and O–H groups in total. The average molecular weight is 422 g/mol. The van der Waals surface area contributed by atoms with Crippen molar-refractivity contribution < 1.29 is 18.1 Å². The molecule has 1 aliphatic heterocycles. The van der Waals surface area contributed by atoms with E-state index in [1.165, 1.54) is 32.7 Å². The summed E-state index contributed by atoms with van der Waals surface area (Å²) in [6, 6.07) is 13.4. The van der Waals surface area contributed by atoms with Crippen molar-refractivity contribution in [3.63, 3.8) is 0 Å². The molecule has 7 nitrogen and oxygen atoms in total. The lowest BCUT2D eigenvalue weighted by Crippen LogP contribution is -3.13. The Morgan fingerprint density at radius 1 is 1.21 bits per heavy atom. The Kier molecular flexibility index (Phi) is 6.71. The van der Waals surface area contributed by atoms with Crippen LogP contribution in [0.2, 0.25) is 0 Å². The number of rotatable bonds is 7. The lowest BCUT2D eigenvalue weighted by molar-refractivity contribution is -0.917. The zero-order chi connectivity index (χ0) is 20.1. The van der Waals surface area contributed by atoms with Crippen molar-refractivity contribution in [1.29, 1.82) is 0 Å². The molecule has 0 saturated carbocycles. The molecule has 0 radical (unpaired) electrons. The van der Waals surface area contributed by atoms with Crippen molar-refractivity contribution in [2.45, 2.75) is 28.6 Å². The van der Waals surface area contributed by atoms with Gasteiger partial charge in [-0.3, -0.25) is 4.79 Å². The minimum Gasteiger partial charge on any atom is -0.369 e. The molecule has 1 amide bonds. The van der Waals surface area contributed by atoms with Crippen molar-refractivity contribution in [1.82, 2.24) is 9.29 Å². The van der Waals surface area contributed by atoms with Crippen molar-refractivity contribution in [2.75, 3.05) is 26.2 Å². The smallest absolute Gasteiger partial charge is 0.245 e. The van der Waals surface area contributed by atoms with Crippen LogP contribution in [-0.4, -0.2) is 55.0 Å². The highest BCUT2D eigenvalue weighted by Gasteiger charge is 2.30. The predicted molar refractivity (Wildman–Crippen MR) is 108 cm³/mol. The van der Waals surface area contributed by atoms with E-state index < -0.39 is 21.2 Å². The monoisotopic (exact) mass is 421 g/mol. The van der Waals surface area contributed by atoms with Crippen LogP contribution in [0.1, 0.15) is 12.5 Å². The molecule has 1 fully saturated rings. The molecule has 1 saturated heterocycles. The molecule has 2 heterocycles. The molecule has 1 atom stereocenters. The quantitative estimate of drug-likeness (QED) is 0.620. The summed E-state index contributed by atoms with van der Waals surface area (Å²) in [7, 11) is -3.56. The molecule has 28 heavy (non-hydrogen) atoms. The van der Waals surface area contributed by atoms with Crippen LogP contribution in [0.15, 0.2) is 58.6 Å². The summed E-state index contributed by atoms with van der Waals surface area (Å²) < 4.78 is 27.3. The molecule has 2 aromatic rings. The number of thioether (sulfide) groups is 1. The number of carbonyl (C=O) groups excluding carboxylic acids is 1. The van der Waals surface area contributed by atoms with Crippen LogP contribution in [-0.2, 0) is 21.4 Å². The predicted octanol–water partition coefficient (Wildman–Crippen LogP) is 0.137. The molecular formula is C19H25N4O3S2+. The van der Waals surface area contributed by atoms with E-state index in [0.717, 1.165) is 19.6 Å². The van der Waals surface area contributed by atoms with Crippen LogP contribution in [0.3, 0.4) is 0 Å². The summed E-state index contributed by atoms with van der Waals surface area (Å²) in [4.78, 5) is 16.9. The number of aromatic nitrogens is 1. The summed E-state index contributed by atoms with van der Waals surface area (Å²) in [5.41, 5.74) is 6.51. The third-order valence-corrected chi connectivity index (χ3v) is 7.72. The number of amides is 1. The zero-order valence-corrected chi connectivity index (χ0v) is 17.4.